The van der Waals surface area contributed by atoms with Gasteiger partial charge in [0, 0.05) is 13.3 Å². The summed E-state index contributed by atoms with van der Waals surface area (Å²) in [5.41, 5.74) is 0.174. The minimum Gasteiger partial charge on any atom is -0.515 e. The van der Waals surface area contributed by atoms with E-state index in [9.17, 15) is 4.79 Å². The second-order valence-corrected chi connectivity index (χ2v) is 1.13. The molecule has 0 saturated heterocycles. The van der Waals surface area contributed by atoms with Crippen molar-refractivity contribution in [3.05, 3.63) is 11.8 Å². The zero-order valence-corrected chi connectivity index (χ0v) is 4.53. The maximum absolute atomic E-state index is 9.81. The molecule has 0 aliphatic heterocycles. The highest BCUT2D eigenvalue weighted by molar-refractivity contribution is 6.01. The van der Waals surface area contributed by atoms with E-state index < -0.39 is 0 Å². The lowest BCUT2D eigenvalue weighted by Gasteiger charge is -1.79. The van der Waals surface area contributed by atoms with Gasteiger partial charge >= 0.3 is 0 Å². The number of aliphatic hydroxyl groups excluding tert-OH is 1. The Morgan fingerprint density at radius 2 is 2.38 bits per heavy atom. The van der Waals surface area contributed by atoms with E-state index in [-0.39, 0.29) is 5.57 Å². The third-order valence-corrected chi connectivity index (χ3v) is 0.563. The monoisotopic (exact) mass is 113 g/mol. The molecule has 0 unspecified atom stereocenters. The second kappa shape index (κ2) is 4.05. The molecule has 0 aromatic carbocycles. The molecule has 0 aromatic rings. The molecule has 0 saturated carbocycles. The standard InChI is InChI=1S/C5H7NO2/c1-6-2-5(3-7)4-8/h2-4,7H,1H3/b5-3+,6-2?. The molecule has 44 valence electrons. The summed E-state index contributed by atoms with van der Waals surface area (Å²) in [5.74, 6) is 0. The number of carbonyl (C=O) groups excluding carboxylic acids is 1. The zero-order valence-electron chi connectivity index (χ0n) is 4.53. The van der Waals surface area contributed by atoms with Gasteiger partial charge in [0.25, 0.3) is 0 Å². The largest absolute Gasteiger partial charge is 0.515 e. The van der Waals surface area contributed by atoms with Crippen LogP contribution in [-0.2, 0) is 4.79 Å². The van der Waals surface area contributed by atoms with Crippen LogP contribution >= 0.6 is 0 Å². The van der Waals surface area contributed by atoms with Crippen molar-refractivity contribution in [3.8, 4) is 0 Å². The molecule has 0 aliphatic rings. The summed E-state index contributed by atoms with van der Waals surface area (Å²) in [7, 11) is 1.52. The molecule has 0 fully saturated rings. The van der Waals surface area contributed by atoms with Crippen LogP contribution in [0.5, 0.6) is 0 Å². The molecule has 0 bridgehead atoms. The Labute approximate surface area is 47.4 Å². The van der Waals surface area contributed by atoms with E-state index in [1.54, 1.807) is 0 Å². The molecular formula is C5H7NO2. The van der Waals surface area contributed by atoms with E-state index in [2.05, 4.69) is 4.99 Å². The van der Waals surface area contributed by atoms with Crippen molar-refractivity contribution in [1.29, 1.82) is 0 Å². The predicted molar refractivity (Wildman–Crippen MR) is 31.2 cm³/mol. The van der Waals surface area contributed by atoms with Crippen LogP contribution in [0.1, 0.15) is 0 Å². The van der Waals surface area contributed by atoms with Gasteiger partial charge in [-0.25, -0.2) is 0 Å². The Balaban J connectivity index is 3.91. The van der Waals surface area contributed by atoms with E-state index in [1.807, 2.05) is 0 Å². The Morgan fingerprint density at radius 3 is 2.50 bits per heavy atom. The van der Waals surface area contributed by atoms with Gasteiger partial charge in [-0.1, -0.05) is 0 Å². The number of aldehydes is 1. The molecular weight excluding hydrogens is 106 g/mol. The first kappa shape index (κ1) is 6.88. The fraction of sp³-hybridized carbons (Fsp3) is 0.200. The first-order valence-electron chi connectivity index (χ1n) is 2.07. The molecule has 0 rings (SSSR count). The molecule has 0 amide bonds. The average molecular weight is 113 g/mol. The van der Waals surface area contributed by atoms with Gasteiger partial charge < -0.3 is 5.11 Å². The van der Waals surface area contributed by atoms with Crippen LogP contribution in [-0.4, -0.2) is 24.7 Å². The maximum Gasteiger partial charge on any atom is 0.154 e. The molecule has 1 N–H and O–H groups in total. The van der Waals surface area contributed by atoms with Crippen LogP contribution in [0.3, 0.4) is 0 Å². The minimum atomic E-state index is 0.174. The summed E-state index contributed by atoms with van der Waals surface area (Å²) in [5, 5.41) is 8.17. The molecule has 0 aliphatic carbocycles. The number of hydrogen-bond donors (Lipinski definition) is 1. The van der Waals surface area contributed by atoms with E-state index in [1.165, 1.54) is 13.3 Å². The maximum atomic E-state index is 9.81. The van der Waals surface area contributed by atoms with Crippen molar-refractivity contribution < 1.29 is 9.90 Å². The number of carbonyl (C=O) groups is 1. The fourth-order valence-electron chi connectivity index (χ4n) is 0.243. The number of aliphatic hydroxyl groups is 1. The number of aliphatic imine (C=N–C) groups is 1. The molecule has 3 heteroatoms. The summed E-state index contributed by atoms with van der Waals surface area (Å²) in [6.45, 7) is 0. The van der Waals surface area contributed by atoms with Gasteiger partial charge in [0.05, 0.1) is 11.8 Å². The lowest BCUT2D eigenvalue weighted by Crippen LogP contribution is -1.84. The lowest BCUT2D eigenvalue weighted by atomic mass is 10.4. The van der Waals surface area contributed by atoms with Crippen molar-refractivity contribution in [2.24, 2.45) is 4.99 Å². The Morgan fingerprint density at radius 1 is 1.75 bits per heavy atom. The zero-order chi connectivity index (χ0) is 6.41. The predicted octanol–water partition coefficient (Wildman–Crippen LogP) is 0.328. The fourth-order valence-corrected chi connectivity index (χ4v) is 0.243. The highest BCUT2D eigenvalue weighted by Gasteiger charge is 1.83. The number of hydrogen-bond acceptors (Lipinski definition) is 3. The molecule has 0 aromatic heterocycles. The van der Waals surface area contributed by atoms with Crippen LogP contribution < -0.4 is 0 Å². The second-order valence-electron chi connectivity index (χ2n) is 1.13. The summed E-state index contributed by atoms with van der Waals surface area (Å²) in [6.07, 6.45) is 2.50. The first-order chi connectivity index (χ1) is 3.85. The van der Waals surface area contributed by atoms with Crippen molar-refractivity contribution in [1.82, 2.24) is 0 Å². The quantitative estimate of drug-likeness (QED) is 0.243. The van der Waals surface area contributed by atoms with Crippen LogP contribution in [0.2, 0.25) is 0 Å². The van der Waals surface area contributed by atoms with Crippen molar-refractivity contribution >= 4 is 12.5 Å². The average Bonchev–Trinajstić information content (AvgIpc) is 1.83. The molecule has 0 spiro atoms. The summed E-state index contributed by atoms with van der Waals surface area (Å²) < 4.78 is 0. The first-order valence-corrected chi connectivity index (χ1v) is 2.07. The Kier molecular flexibility index (Phi) is 3.48. The number of rotatable bonds is 2. The molecule has 0 atom stereocenters. The third kappa shape index (κ3) is 2.12. The van der Waals surface area contributed by atoms with Crippen LogP contribution in [0.15, 0.2) is 16.8 Å². The van der Waals surface area contributed by atoms with Crippen LogP contribution in [0.4, 0.5) is 0 Å². The minimum absolute atomic E-state index is 0.174. The van der Waals surface area contributed by atoms with Gasteiger partial charge in [0.2, 0.25) is 0 Å². The van der Waals surface area contributed by atoms with Crippen molar-refractivity contribution in [3.63, 3.8) is 0 Å². The van der Waals surface area contributed by atoms with Gasteiger partial charge in [-0.15, -0.1) is 0 Å². The van der Waals surface area contributed by atoms with Gasteiger partial charge in [0.15, 0.2) is 6.29 Å². The van der Waals surface area contributed by atoms with Gasteiger partial charge in [-0.05, 0) is 0 Å². The summed E-state index contributed by atoms with van der Waals surface area (Å²) >= 11 is 0. The van der Waals surface area contributed by atoms with Gasteiger partial charge in [-0.2, -0.15) is 0 Å². The third-order valence-electron chi connectivity index (χ3n) is 0.563. The van der Waals surface area contributed by atoms with E-state index >= 15 is 0 Å². The van der Waals surface area contributed by atoms with E-state index in [0.29, 0.717) is 12.5 Å². The topological polar surface area (TPSA) is 49.7 Å². The normalized spacial score (nSPS) is 12.4. The van der Waals surface area contributed by atoms with Gasteiger partial charge in [0.1, 0.15) is 0 Å². The van der Waals surface area contributed by atoms with Gasteiger partial charge in [-0.3, -0.25) is 9.79 Å². The van der Waals surface area contributed by atoms with Crippen LogP contribution in [0, 0.1) is 0 Å². The summed E-state index contributed by atoms with van der Waals surface area (Å²) in [4.78, 5) is 13.3. The molecule has 0 heterocycles. The van der Waals surface area contributed by atoms with E-state index in [0.717, 1.165) is 0 Å². The van der Waals surface area contributed by atoms with E-state index in [4.69, 9.17) is 5.11 Å². The van der Waals surface area contributed by atoms with Crippen LogP contribution in [0.25, 0.3) is 0 Å². The molecule has 0 radical (unpaired) electrons. The number of allylic oxidation sites excluding steroid dienone is 1. The van der Waals surface area contributed by atoms with Crippen molar-refractivity contribution in [2.45, 2.75) is 0 Å². The lowest BCUT2D eigenvalue weighted by molar-refractivity contribution is -0.104. The summed E-state index contributed by atoms with van der Waals surface area (Å²) in [6, 6.07) is 0. The Hall–Kier alpha value is -1.12. The molecule has 3 nitrogen and oxygen atoms in total. The Bertz CT molecular complexity index is 126. The highest BCUT2D eigenvalue weighted by Crippen LogP contribution is 1.78. The highest BCUT2D eigenvalue weighted by atomic mass is 16.2. The molecule has 8 heavy (non-hydrogen) atoms. The van der Waals surface area contributed by atoms with Crippen molar-refractivity contribution in [2.75, 3.05) is 7.05 Å². The number of nitrogens with zero attached hydrogens (tertiary/aromatic N) is 1. The SMILES string of the molecule is CN=C/C(C=O)=C\O. The smallest absolute Gasteiger partial charge is 0.154 e.